The molecule has 0 bridgehead atoms. The molecule has 0 atom stereocenters. The van der Waals surface area contributed by atoms with Crippen LogP contribution >= 0.6 is 0 Å². The van der Waals surface area contributed by atoms with Crippen molar-refractivity contribution in [2.24, 2.45) is 0 Å². The monoisotopic (exact) mass is 287 g/mol. The zero-order valence-electron chi connectivity index (χ0n) is 11.9. The number of nitrogens with zero attached hydrogens (tertiary/aromatic N) is 3. The van der Waals surface area contributed by atoms with E-state index in [0.29, 0.717) is 25.5 Å². The van der Waals surface area contributed by atoms with Crippen LogP contribution in [0.2, 0.25) is 0 Å². The summed E-state index contributed by atoms with van der Waals surface area (Å²) in [7, 11) is 0. The van der Waals surface area contributed by atoms with Gasteiger partial charge in [0.25, 0.3) is 0 Å². The molecule has 0 aliphatic carbocycles. The average molecular weight is 287 g/mol. The first-order chi connectivity index (χ1) is 10.3. The highest BCUT2D eigenvalue weighted by molar-refractivity contribution is 5.01. The third-order valence-corrected chi connectivity index (χ3v) is 3.10. The molecular weight excluding hydrogens is 270 g/mol. The summed E-state index contributed by atoms with van der Waals surface area (Å²) >= 11 is 0. The van der Waals surface area contributed by atoms with Crippen LogP contribution in [0.1, 0.15) is 30.2 Å². The smallest absolute Gasteiger partial charge is 0.240 e. The maximum Gasteiger partial charge on any atom is 0.240 e. The van der Waals surface area contributed by atoms with E-state index in [-0.39, 0.29) is 0 Å². The third kappa shape index (κ3) is 3.61. The summed E-state index contributed by atoms with van der Waals surface area (Å²) in [5.41, 5.74) is 0. The number of rotatable bonds is 7. The molecule has 0 unspecified atom stereocenters. The predicted octanol–water partition coefficient (Wildman–Crippen LogP) is 3.02. The highest BCUT2D eigenvalue weighted by Crippen LogP contribution is 2.14. The van der Waals surface area contributed by atoms with E-state index in [4.69, 9.17) is 13.4 Å². The summed E-state index contributed by atoms with van der Waals surface area (Å²) in [5, 5.41) is 3.92. The molecule has 110 valence electrons. The number of aromatic nitrogens is 2. The molecule has 3 heterocycles. The highest BCUT2D eigenvalue weighted by atomic mass is 16.5. The zero-order valence-corrected chi connectivity index (χ0v) is 11.9. The van der Waals surface area contributed by atoms with Crippen molar-refractivity contribution in [3.05, 3.63) is 60.0 Å². The van der Waals surface area contributed by atoms with Gasteiger partial charge in [-0.05, 0) is 24.3 Å². The van der Waals surface area contributed by atoms with Gasteiger partial charge < -0.3 is 13.4 Å². The van der Waals surface area contributed by atoms with Crippen LogP contribution in [0.4, 0.5) is 0 Å². The number of furan rings is 2. The van der Waals surface area contributed by atoms with Gasteiger partial charge in [-0.15, -0.1) is 0 Å². The number of hydrogen-bond acceptors (Lipinski definition) is 6. The number of aryl methyl sites for hydroxylation is 1. The fourth-order valence-corrected chi connectivity index (χ4v) is 2.10. The molecule has 0 radical (unpaired) electrons. The van der Waals surface area contributed by atoms with E-state index in [1.807, 2.05) is 31.2 Å². The Kier molecular flexibility index (Phi) is 4.16. The molecule has 3 aromatic heterocycles. The molecule has 3 aromatic rings. The maximum absolute atomic E-state index is 5.41. The van der Waals surface area contributed by atoms with Crippen LogP contribution in [0, 0.1) is 0 Å². The molecule has 3 rings (SSSR count). The van der Waals surface area contributed by atoms with Crippen LogP contribution in [0.5, 0.6) is 0 Å². The van der Waals surface area contributed by atoms with Crippen LogP contribution in [0.3, 0.4) is 0 Å². The molecule has 0 aromatic carbocycles. The summed E-state index contributed by atoms with van der Waals surface area (Å²) in [5.74, 6) is 3.10. The minimum absolute atomic E-state index is 0.550. The van der Waals surface area contributed by atoms with E-state index in [0.717, 1.165) is 23.8 Å². The molecule has 0 N–H and O–H groups in total. The van der Waals surface area contributed by atoms with Crippen LogP contribution < -0.4 is 0 Å². The van der Waals surface area contributed by atoms with Crippen molar-refractivity contribution in [2.75, 3.05) is 0 Å². The van der Waals surface area contributed by atoms with Crippen LogP contribution in [-0.4, -0.2) is 15.0 Å². The van der Waals surface area contributed by atoms with Crippen LogP contribution in [0.15, 0.2) is 50.1 Å². The summed E-state index contributed by atoms with van der Waals surface area (Å²) < 4.78 is 16.1. The fraction of sp³-hybridized carbons (Fsp3) is 0.333. The quantitative estimate of drug-likeness (QED) is 0.665. The van der Waals surface area contributed by atoms with Crippen molar-refractivity contribution in [1.29, 1.82) is 0 Å². The molecular formula is C15H17N3O3. The molecule has 0 spiro atoms. The normalized spacial score (nSPS) is 11.3. The summed E-state index contributed by atoms with van der Waals surface area (Å²) in [6.45, 7) is 3.85. The molecule has 0 saturated carbocycles. The molecule has 6 nitrogen and oxygen atoms in total. The van der Waals surface area contributed by atoms with Gasteiger partial charge in [-0.1, -0.05) is 12.1 Å². The van der Waals surface area contributed by atoms with Crippen molar-refractivity contribution in [1.82, 2.24) is 15.0 Å². The molecule has 0 aliphatic heterocycles. The lowest BCUT2D eigenvalue weighted by atomic mass is 10.3. The van der Waals surface area contributed by atoms with Gasteiger partial charge in [0.1, 0.15) is 11.5 Å². The van der Waals surface area contributed by atoms with E-state index in [1.165, 1.54) is 0 Å². The SMILES string of the molecule is CCc1noc(CN(Cc2ccco2)Cc2ccco2)n1. The first-order valence-electron chi connectivity index (χ1n) is 6.92. The van der Waals surface area contributed by atoms with Gasteiger partial charge in [0, 0.05) is 6.42 Å². The second kappa shape index (κ2) is 6.41. The zero-order chi connectivity index (χ0) is 14.5. The molecule has 6 heteroatoms. The minimum Gasteiger partial charge on any atom is -0.468 e. The standard InChI is InChI=1S/C15H17N3O3/c1-2-14-16-15(21-17-14)11-18(9-12-5-3-7-19-12)10-13-6-4-8-20-13/h3-8H,2,9-11H2,1H3. The van der Waals surface area contributed by atoms with E-state index < -0.39 is 0 Å². The Bertz CT molecular complexity index is 607. The highest BCUT2D eigenvalue weighted by Gasteiger charge is 2.15. The third-order valence-electron chi connectivity index (χ3n) is 3.10. The minimum atomic E-state index is 0.550. The van der Waals surface area contributed by atoms with Gasteiger partial charge in [0.05, 0.1) is 32.2 Å². The Morgan fingerprint density at radius 2 is 1.67 bits per heavy atom. The Morgan fingerprint density at radius 1 is 1.00 bits per heavy atom. The summed E-state index contributed by atoms with van der Waals surface area (Å²) in [6, 6.07) is 7.64. The average Bonchev–Trinajstić information content (AvgIpc) is 3.20. The summed E-state index contributed by atoms with van der Waals surface area (Å²) in [6.07, 6.45) is 4.10. The predicted molar refractivity (Wildman–Crippen MR) is 74.0 cm³/mol. The lowest BCUT2D eigenvalue weighted by Crippen LogP contribution is -2.22. The van der Waals surface area contributed by atoms with E-state index in [9.17, 15) is 0 Å². The van der Waals surface area contributed by atoms with E-state index in [1.54, 1.807) is 12.5 Å². The van der Waals surface area contributed by atoms with E-state index in [2.05, 4.69) is 15.0 Å². The fourth-order valence-electron chi connectivity index (χ4n) is 2.10. The topological polar surface area (TPSA) is 68.4 Å². The van der Waals surface area contributed by atoms with Gasteiger partial charge >= 0.3 is 0 Å². The van der Waals surface area contributed by atoms with Gasteiger partial charge in [0.15, 0.2) is 5.82 Å². The van der Waals surface area contributed by atoms with Gasteiger partial charge in [0.2, 0.25) is 5.89 Å². The number of hydrogen-bond donors (Lipinski definition) is 0. The van der Waals surface area contributed by atoms with Crippen molar-refractivity contribution in [3.8, 4) is 0 Å². The molecule has 0 aliphatic rings. The van der Waals surface area contributed by atoms with Crippen molar-refractivity contribution < 1.29 is 13.4 Å². The second-order valence-electron chi connectivity index (χ2n) is 4.76. The Hall–Kier alpha value is -2.34. The molecule has 0 saturated heterocycles. The Morgan fingerprint density at radius 3 is 2.14 bits per heavy atom. The van der Waals surface area contributed by atoms with Gasteiger partial charge in [-0.2, -0.15) is 4.98 Å². The van der Waals surface area contributed by atoms with Crippen molar-refractivity contribution >= 4 is 0 Å². The summed E-state index contributed by atoms with van der Waals surface area (Å²) in [4.78, 5) is 6.48. The lowest BCUT2D eigenvalue weighted by Gasteiger charge is -2.17. The van der Waals surface area contributed by atoms with Crippen molar-refractivity contribution in [3.63, 3.8) is 0 Å². The largest absolute Gasteiger partial charge is 0.468 e. The van der Waals surface area contributed by atoms with Crippen LogP contribution in [0.25, 0.3) is 0 Å². The molecule has 0 amide bonds. The molecule has 21 heavy (non-hydrogen) atoms. The van der Waals surface area contributed by atoms with Gasteiger partial charge in [-0.3, -0.25) is 4.90 Å². The Labute approximate surface area is 122 Å². The lowest BCUT2D eigenvalue weighted by molar-refractivity contribution is 0.183. The first kappa shape index (κ1) is 13.6. The van der Waals surface area contributed by atoms with E-state index >= 15 is 0 Å². The molecule has 0 fully saturated rings. The van der Waals surface area contributed by atoms with Gasteiger partial charge in [-0.25, -0.2) is 0 Å². The second-order valence-corrected chi connectivity index (χ2v) is 4.76. The van der Waals surface area contributed by atoms with Crippen molar-refractivity contribution in [2.45, 2.75) is 33.0 Å². The first-order valence-corrected chi connectivity index (χ1v) is 6.92. The Balaban J connectivity index is 1.71. The maximum atomic E-state index is 5.41. The van der Waals surface area contributed by atoms with Crippen LogP contribution in [-0.2, 0) is 26.1 Å².